The smallest absolute Gasteiger partial charge is 0.416 e. The van der Waals surface area contributed by atoms with Gasteiger partial charge < -0.3 is 9.47 Å². The maximum atomic E-state index is 13.0. The lowest BCUT2D eigenvalue weighted by Crippen LogP contribution is -2.21. The number of terminal acetylenes is 1. The first kappa shape index (κ1) is 34.9. The van der Waals surface area contributed by atoms with E-state index in [4.69, 9.17) is 15.9 Å². The molecule has 3 aliphatic heterocycles. The average molecular weight is 689 g/mol. The third kappa shape index (κ3) is 8.07. The molecule has 50 heavy (non-hydrogen) atoms. The largest absolute Gasteiger partial charge is 0.456 e. The van der Waals surface area contributed by atoms with Gasteiger partial charge in [0.15, 0.2) is 0 Å². The summed E-state index contributed by atoms with van der Waals surface area (Å²) in [6.07, 6.45) is 2.75. The molecular weight excluding hydrogens is 654 g/mol. The van der Waals surface area contributed by atoms with Gasteiger partial charge in [-0.2, -0.15) is 26.3 Å². The molecular formula is C40H34F6N2O2. The number of likely N-dealkylation sites (tertiary alicyclic amines) is 1. The van der Waals surface area contributed by atoms with Crippen molar-refractivity contribution in [2.24, 2.45) is 0 Å². The van der Waals surface area contributed by atoms with E-state index in [2.05, 4.69) is 10.8 Å². The Balaban J connectivity index is 0.000000173. The van der Waals surface area contributed by atoms with Gasteiger partial charge in [-0.25, -0.2) is 0 Å². The van der Waals surface area contributed by atoms with Gasteiger partial charge >= 0.3 is 12.4 Å². The molecule has 0 aliphatic carbocycles. The van der Waals surface area contributed by atoms with E-state index in [9.17, 15) is 26.3 Å². The van der Waals surface area contributed by atoms with Crippen molar-refractivity contribution < 1.29 is 35.8 Å². The van der Waals surface area contributed by atoms with Crippen LogP contribution in [0.3, 0.4) is 0 Å². The number of halogens is 6. The molecule has 0 amide bonds. The predicted molar refractivity (Wildman–Crippen MR) is 184 cm³/mol. The maximum Gasteiger partial charge on any atom is 0.416 e. The topological polar surface area (TPSA) is 24.9 Å². The van der Waals surface area contributed by atoms with Gasteiger partial charge in [0.2, 0.25) is 0 Å². The Hall–Kier alpha value is -4.98. The van der Waals surface area contributed by atoms with Crippen LogP contribution >= 0.6 is 0 Å². The molecule has 4 aromatic carbocycles. The summed E-state index contributed by atoms with van der Waals surface area (Å²) < 4.78 is 89.7. The Morgan fingerprint density at radius 3 is 1.66 bits per heavy atom. The predicted octanol–water partition coefficient (Wildman–Crippen LogP) is 10.4. The fourth-order valence-corrected chi connectivity index (χ4v) is 6.19. The molecule has 1 fully saturated rings. The molecule has 3 heterocycles. The lowest BCUT2D eigenvalue weighted by atomic mass is 10.0. The van der Waals surface area contributed by atoms with Gasteiger partial charge in [0.1, 0.15) is 23.0 Å². The molecule has 4 nitrogen and oxygen atoms in total. The Morgan fingerprint density at radius 1 is 0.680 bits per heavy atom. The number of alkyl halides is 6. The second-order valence-electron chi connectivity index (χ2n) is 12.4. The van der Waals surface area contributed by atoms with Crippen LogP contribution in [0.25, 0.3) is 23.3 Å². The molecule has 4 aromatic rings. The molecule has 0 radical (unpaired) electrons. The van der Waals surface area contributed by atoms with Gasteiger partial charge in [-0.3, -0.25) is 9.80 Å². The van der Waals surface area contributed by atoms with Gasteiger partial charge in [-0.15, -0.1) is 6.42 Å². The highest BCUT2D eigenvalue weighted by atomic mass is 19.4. The number of para-hydroxylation sites is 2. The van der Waals surface area contributed by atoms with Crippen LogP contribution in [0.4, 0.5) is 26.3 Å². The normalized spacial score (nSPS) is 15.3. The second kappa shape index (κ2) is 14.5. The van der Waals surface area contributed by atoms with Crippen molar-refractivity contribution in [1.29, 1.82) is 0 Å². The average Bonchev–Trinajstić information content (AvgIpc) is 3.46. The summed E-state index contributed by atoms with van der Waals surface area (Å²) in [6, 6.07) is 22.1. The molecule has 3 aliphatic rings. The SMILES string of the molecule is C#CCN(C)CC1=Cc2ccc(C(F)(F)F)cc2Oc2ccccc21.FC(F)(F)c1ccc2c(c1)Oc1ccccc1C(CN1CCCC1)=C2. The molecule has 1 saturated heterocycles. The molecule has 7 rings (SSSR count). The second-order valence-corrected chi connectivity index (χ2v) is 12.4. The van der Waals surface area contributed by atoms with Crippen molar-refractivity contribution in [3.05, 3.63) is 118 Å². The van der Waals surface area contributed by atoms with Gasteiger partial charge in [0.25, 0.3) is 0 Å². The highest BCUT2D eigenvalue weighted by Crippen LogP contribution is 2.43. The summed E-state index contributed by atoms with van der Waals surface area (Å²) in [5.74, 6) is 4.15. The van der Waals surface area contributed by atoms with E-state index in [-0.39, 0.29) is 11.5 Å². The highest BCUT2D eigenvalue weighted by Gasteiger charge is 2.33. The number of rotatable bonds is 5. The highest BCUT2D eigenvalue weighted by molar-refractivity contribution is 5.89. The van der Waals surface area contributed by atoms with E-state index in [1.54, 1.807) is 12.1 Å². The lowest BCUT2D eigenvalue weighted by molar-refractivity contribution is -0.138. The first-order valence-electron chi connectivity index (χ1n) is 16.1. The minimum Gasteiger partial charge on any atom is -0.456 e. The van der Waals surface area contributed by atoms with Crippen LogP contribution in [0.1, 0.15) is 46.2 Å². The van der Waals surface area contributed by atoms with Crippen molar-refractivity contribution in [3.8, 4) is 35.3 Å². The Bertz CT molecular complexity index is 1970. The van der Waals surface area contributed by atoms with Crippen LogP contribution in [-0.4, -0.2) is 49.6 Å². The first-order chi connectivity index (χ1) is 23.9. The lowest BCUT2D eigenvalue weighted by Gasteiger charge is -2.18. The summed E-state index contributed by atoms with van der Waals surface area (Å²) in [5, 5.41) is 0. The third-order valence-corrected chi connectivity index (χ3v) is 8.64. The van der Waals surface area contributed by atoms with E-state index in [0.717, 1.165) is 66.2 Å². The molecule has 0 aromatic heterocycles. The number of likely N-dealkylation sites (N-methyl/N-ethyl adjacent to an activating group) is 1. The quantitative estimate of drug-likeness (QED) is 0.154. The summed E-state index contributed by atoms with van der Waals surface area (Å²) in [7, 11) is 1.89. The molecule has 258 valence electrons. The van der Waals surface area contributed by atoms with E-state index >= 15 is 0 Å². The Morgan fingerprint density at radius 2 is 1.16 bits per heavy atom. The Kier molecular flexibility index (Phi) is 10.1. The van der Waals surface area contributed by atoms with E-state index in [1.165, 1.54) is 25.0 Å². The van der Waals surface area contributed by atoms with E-state index < -0.39 is 23.5 Å². The molecule has 0 spiro atoms. The van der Waals surface area contributed by atoms with E-state index in [0.29, 0.717) is 35.7 Å². The van der Waals surface area contributed by atoms with Gasteiger partial charge in [-0.1, -0.05) is 54.5 Å². The van der Waals surface area contributed by atoms with Gasteiger partial charge in [-0.05, 0) is 92.7 Å². The number of hydrogen-bond acceptors (Lipinski definition) is 4. The monoisotopic (exact) mass is 688 g/mol. The van der Waals surface area contributed by atoms with Crippen LogP contribution in [0.2, 0.25) is 0 Å². The fraction of sp³-hybridized carbons (Fsp3) is 0.250. The van der Waals surface area contributed by atoms with Crippen LogP contribution in [0.5, 0.6) is 23.0 Å². The fourth-order valence-electron chi connectivity index (χ4n) is 6.19. The zero-order valence-corrected chi connectivity index (χ0v) is 27.2. The van der Waals surface area contributed by atoms with Crippen LogP contribution in [0, 0.1) is 12.3 Å². The van der Waals surface area contributed by atoms with Crippen molar-refractivity contribution in [1.82, 2.24) is 9.80 Å². The summed E-state index contributed by atoms with van der Waals surface area (Å²) in [6.45, 7) is 3.92. The van der Waals surface area contributed by atoms with Crippen LogP contribution in [-0.2, 0) is 12.4 Å². The molecule has 10 heteroatoms. The van der Waals surface area contributed by atoms with Crippen molar-refractivity contribution >= 4 is 23.3 Å². The Labute approximate surface area is 287 Å². The summed E-state index contributed by atoms with van der Waals surface area (Å²) >= 11 is 0. The van der Waals surface area contributed by atoms with Crippen molar-refractivity contribution in [3.63, 3.8) is 0 Å². The third-order valence-electron chi connectivity index (χ3n) is 8.64. The van der Waals surface area contributed by atoms with Gasteiger partial charge in [0, 0.05) is 35.3 Å². The zero-order chi connectivity index (χ0) is 35.5. The number of nitrogens with zero attached hydrogens (tertiary/aromatic N) is 2. The van der Waals surface area contributed by atoms with Gasteiger partial charge in [0.05, 0.1) is 17.7 Å². The number of benzene rings is 4. The van der Waals surface area contributed by atoms with Crippen LogP contribution < -0.4 is 9.47 Å². The number of fused-ring (bicyclic) bond motifs is 4. The minimum absolute atomic E-state index is 0.192. The molecule has 0 bridgehead atoms. The number of ether oxygens (including phenoxy) is 2. The molecule has 0 unspecified atom stereocenters. The summed E-state index contributed by atoms with van der Waals surface area (Å²) in [4.78, 5) is 4.33. The van der Waals surface area contributed by atoms with Crippen molar-refractivity contribution in [2.75, 3.05) is 39.8 Å². The maximum absolute atomic E-state index is 13.0. The summed E-state index contributed by atoms with van der Waals surface area (Å²) in [5.41, 5.74) is 3.66. The first-order valence-corrected chi connectivity index (χ1v) is 16.1. The standard InChI is InChI=1S/C20H18F3NO.C20H16F3NO/c21-20(22,23)16-8-7-14-11-15(13-24-9-3-4-10-24)17-5-1-2-6-18(17)25-19(14)12-16;1-3-10-24(2)13-15-11-14-8-9-16(20(21,22)23)12-19(14)25-18-7-5-4-6-17(15)18/h1-2,5-8,11-12H,3-4,9-10,13H2;1,4-9,11-12H,10,13H2,2H3. The molecule has 0 saturated carbocycles. The molecule has 0 N–H and O–H groups in total. The van der Waals surface area contributed by atoms with Crippen molar-refractivity contribution in [2.45, 2.75) is 25.2 Å². The minimum atomic E-state index is -4.41. The van der Waals surface area contributed by atoms with E-state index in [1.807, 2.05) is 60.5 Å². The zero-order valence-electron chi connectivity index (χ0n) is 27.2. The van der Waals surface area contributed by atoms with Crippen LogP contribution in [0.15, 0.2) is 84.9 Å². The number of hydrogen-bond donors (Lipinski definition) is 0. The molecule has 0 atom stereocenters.